The van der Waals surface area contributed by atoms with Gasteiger partial charge in [-0.15, -0.1) is 0 Å². The summed E-state index contributed by atoms with van der Waals surface area (Å²) in [7, 11) is 0. The van der Waals surface area contributed by atoms with Crippen LogP contribution in [0.2, 0.25) is 0 Å². The van der Waals surface area contributed by atoms with E-state index >= 15 is 0 Å². The fourth-order valence-corrected chi connectivity index (χ4v) is 5.03. The lowest BCUT2D eigenvalue weighted by Crippen LogP contribution is -2.52. The summed E-state index contributed by atoms with van der Waals surface area (Å²) in [6, 6.07) is 14.6. The Morgan fingerprint density at radius 3 is 2.24 bits per heavy atom. The van der Waals surface area contributed by atoms with Gasteiger partial charge in [0.05, 0.1) is 0 Å². The fraction of sp³-hybridized carbons (Fsp3) is 0.444. The number of nitrogens with one attached hydrogen (secondary N) is 1. The third kappa shape index (κ3) is 4.93. The van der Waals surface area contributed by atoms with Crippen LogP contribution >= 0.6 is 0 Å². The second kappa shape index (κ2) is 10.3. The van der Waals surface area contributed by atoms with Crippen molar-refractivity contribution >= 4 is 18.0 Å². The molecule has 1 fully saturated rings. The molecular formula is C27H32N2O5. The number of benzene rings is 2. The number of carbonyl (C=O) groups is 3. The van der Waals surface area contributed by atoms with Crippen LogP contribution in [-0.4, -0.2) is 53.2 Å². The Hall–Kier alpha value is -3.35. The van der Waals surface area contributed by atoms with Gasteiger partial charge in [0, 0.05) is 12.5 Å². The highest BCUT2D eigenvalue weighted by molar-refractivity contribution is 5.89. The van der Waals surface area contributed by atoms with Gasteiger partial charge >= 0.3 is 12.1 Å². The maximum absolute atomic E-state index is 13.2. The predicted molar refractivity (Wildman–Crippen MR) is 128 cm³/mol. The Bertz CT molecular complexity index is 1020. The van der Waals surface area contributed by atoms with E-state index in [1.165, 1.54) is 4.90 Å². The standard InChI is InChI=1S/C27H32N2O5/c1-17(2)13-14-23(25(30)29-15-7-12-24(29)26(31)32)28-27(33)34-16-22-20-10-5-3-8-18(20)19-9-4-6-11-21(19)22/h3-6,8-11,17,22-24H,7,12-16H2,1-2H3,(H,28,33)(H,31,32). The Morgan fingerprint density at radius 2 is 1.65 bits per heavy atom. The number of amides is 2. The second-order valence-corrected chi connectivity index (χ2v) is 9.52. The van der Waals surface area contributed by atoms with Crippen molar-refractivity contribution in [2.75, 3.05) is 13.2 Å². The van der Waals surface area contributed by atoms with Crippen molar-refractivity contribution in [2.24, 2.45) is 5.92 Å². The predicted octanol–water partition coefficient (Wildman–Crippen LogP) is 4.41. The number of carboxylic acid groups (broad SMARTS) is 1. The molecule has 7 nitrogen and oxygen atoms in total. The number of carbonyl (C=O) groups excluding carboxylic acids is 2. The summed E-state index contributed by atoms with van der Waals surface area (Å²) in [5, 5.41) is 12.2. The lowest BCUT2D eigenvalue weighted by Gasteiger charge is -2.27. The molecular weight excluding hydrogens is 432 g/mol. The van der Waals surface area contributed by atoms with Crippen molar-refractivity contribution in [3.63, 3.8) is 0 Å². The molecule has 2 aliphatic rings. The average molecular weight is 465 g/mol. The van der Waals surface area contributed by atoms with E-state index in [0.717, 1.165) is 28.7 Å². The number of aliphatic carboxylic acids is 1. The smallest absolute Gasteiger partial charge is 0.407 e. The van der Waals surface area contributed by atoms with Crippen molar-refractivity contribution in [3.8, 4) is 11.1 Å². The topological polar surface area (TPSA) is 95.9 Å². The van der Waals surface area contributed by atoms with E-state index in [2.05, 4.69) is 29.6 Å². The van der Waals surface area contributed by atoms with Crippen LogP contribution in [0.5, 0.6) is 0 Å². The monoisotopic (exact) mass is 464 g/mol. The molecule has 0 bridgehead atoms. The van der Waals surface area contributed by atoms with Gasteiger partial charge in [0.2, 0.25) is 5.91 Å². The zero-order valence-electron chi connectivity index (χ0n) is 19.7. The molecule has 1 heterocycles. The van der Waals surface area contributed by atoms with Crippen LogP contribution in [0, 0.1) is 5.92 Å². The maximum atomic E-state index is 13.2. The van der Waals surface area contributed by atoms with Gasteiger partial charge in [-0.2, -0.15) is 0 Å². The molecule has 180 valence electrons. The lowest BCUT2D eigenvalue weighted by molar-refractivity contribution is -0.149. The summed E-state index contributed by atoms with van der Waals surface area (Å²) in [4.78, 5) is 38.9. The van der Waals surface area contributed by atoms with Crippen molar-refractivity contribution in [2.45, 2.75) is 57.5 Å². The van der Waals surface area contributed by atoms with Gasteiger partial charge < -0.3 is 20.1 Å². The van der Waals surface area contributed by atoms with Gasteiger partial charge in [0.15, 0.2) is 0 Å². The molecule has 2 amide bonds. The average Bonchev–Trinajstić information content (AvgIpc) is 3.43. The van der Waals surface area contributed by atoms with Crippen molar-refractivity contribution < 1.29 is 24.2 Å². The molecule has 34 heavy (non-hydrogen) atoms. The number of ether oxygens (including phenoxy) is 1. The molecule has 2 N–H and O–H groups in total. The quantitative estimate of drug-likeness (QED) is 0.604. The van der Waals surface area contributed by atoms with E-state index in [4.69, 9.17) is 4.74 Å². The number of carboxylic acids is 1. The third-order valence-electron chi connectivity index (χ3n) is 6.79. The van der Waals surface area contributed by atoms with Crippen molar-refractivity contribution in [1.29, 1.82) is 0 Å². The summed E-state index contributed by atoms with van der Waals surface area (Å²) in [5.74, 6) is -1.08. The largest absolute Gasteiger partial charge is 0.480 e. The van der Waals surface area contributed by atoms with E-state index in [9.17, 15) is 19.5 Å². The molecule has 1 aliphatic carbocycles. The molecule has 1 aliphatic heterocycles. The molecule has 0 aromatic heterocycles. The summed E-state index contributed by atoms with van der Waals surface area (Å²) in [5.41, 5.74) is 4.52. The second-order valence-electron chi connectivity index (χ2n) is 9.52. The molecule has 2 aromatic rings. The first kappa shape index (κ1) is 23.8. The first-order chi connectivity index (χ1) is 16.4. The third-order valence-corrected chi connectivity index (χ3v) is 6.79. The van der Waals surface area contributed by atoms with Crippen LogP contribution in [0.4, 0.5) is 4.79 Å². The molecule has 0 spiro atoms. The van der Waals surface area contributed by atoms with Crippen LogP contribution in [0.15, 0.2) is 48.5 Å². The fourth-order valence-electron chi connectivity index (χ4n) is 5.03. The minimum absolute atomic E-state index is 0.0714. The normalized spacial score (nSPS) is 17.9. The molecule has 7 heteroatoms. The van der Waals surface area contributed by atoms with Gasteiger partial charge in [0.25, 0.3) is 0 Å². The molecule has 2 unspecified atom stereocenters. The van der Waals surface area contributed by atoms with Crippen LogP contribution in [0.25, 0.3) is 11.1 Å². The Balaban J connectivity index is 1.44. The van der Waals surface area contributed by atoms with E-state index in [0.29, 0.717) is 31.7 Å². The highest BCUT2D eigenvalue weighted by atomic mass is 16.5. The van der Waals surface area contributed by atoms with Gasteiger partial charge in [-0.25, -0.2) is 9.59 Å². The number of likely N-dealkylation sites (tertiary alicyclic amines) is 1. The van der Waals surface area contributed by atoms with Gasteiger partial charge in [-0.3, -0.25) is 4.79 Å². The molecule has 0 saturated carbocycles. The summed E-state index contributed by atoms with van der Waals surface area (Å²) in [6.45, 7) is 4.64. The van der Waals surface area contributed by atoms with Crippen LogP contribution in [0.3, 0.4) is 0 Å². The maximum Gasteiger partial charge on any atom is 0.407 e. The minimum atomic E-state index is -1.00. The molecule has 1 saturated heterocycles. The first-order valence-corrected chi connectivity index (χ1v) is 12.0. The van der Waals surface area contributed by atoms with Gasteiger partial charge in [0.1, 0.15) is 18.7 Å². The molecule has 2 atom stereocenters. The molecule has 2 aromatic carbocycles. The number of nitrogens with zero attached hydrogens (tertiary/aromatic N) is 1. The van der Waals surface area contributed by atoms with E-state index in [-0.39, 0.29) is 18.4 Å². The Morgan fingerprint density at radius 1 is 1.03 bits per heavy atom. The SMILES string of the molecule is CC(C)CCC(NC(=O)OCC1c2ccccc2-c2ccccc21)C(=O)N1CCCC1C(=O)O. The number of hydrogen-bond acceptors (Lipinski definition) is 4. The summed E-state index contributed by atoms with van der Waals surface area (Å²) in [6.07, 6.45) is 1.58. The highest BCUT2D eigenvalue weighted by Gasteiger charge is 2.38. The van der Waals surface area contributed by atoms with Gasteiger partial charge in [-0.1, -0.05) is 62.4 Å². The van der Waals surface area contributed by atoms with E-state index < -0.39 is 24.1 Å². The van der Waals surface area contributed by atoms with Crippen LogP contribution in [-0.2, 0) is 14.3 Å². The zero-order valence-corrected chi connectivity index (χ0v) is 19.7. The van der Waals surface area contributed by atoms with Crippen LogP contribution < -0.4 is 5.32 Å². The van der Waals surface area contributed by atoms with Crippen molar-refractivity contribution in [1.82, 2.24) is 10.2 Å². The van der Waals surface area contributed by atoms with Gasteiger partial charge in [-0.05, 0) is 53.9 Å². The number of rotatable bonds is 8. The molecule has 0 radical (unpaired) electrons. The number of fused-ring (bicyclic) bond motifs is 3. The summed E-state index contributed by atoms with van der Waals surface area (Å²) < 4.78 is 5.63. The first-order valence-electron chi connectivity index (χ1n) is 12.0. The van der Waals surface area contributed by atoms with E-state index in [1.54, 1.807) is 0 Å². The number of alkyl carbamates (subject to hydrolysis) is 1. The zero-order chi connectivity index (χ0) is 24.2. The summed E-state index contributed by atoms with van der Waals surface area (Å²) >= 11 is 0. The Labute approximate surface area is 200 Å². The Kier molecular flexibility index (Phi) is 7.20. The highest BCUT2D eigenvalue weighted by Crippen LogP contribution is 2.44. The van der Waals surface area contributed by atoms with E-state index in [1.807, 2.05) is 38.1 Å². The van der Waals surface area contributed by atoms with Crippen molar-refractivity contribution in [3.05, 3.63) is 59.7 Å². The molecule has 4 rings (SSSR count). The van der Waals surface area contributed by atoms with Crippen LogP contribution in [0.1, 0.15) is 56.6 Å². The number of hydrogen-bond donors (Lipinski definition) is 2. The minimum Gasteiger partial charge on any atom is -0.480 e. The lowest BCUT2D eigenvalue weighted by atomic mass is 9.98.